The molecule has 0 aromatic heterocycles. The van der Waals surface area contributed by atoms with Crippen molar-refractivity contribution in [3.05, 3.63) is 34.3 Å². The molecule has 0 spiro atoms. The van der Waals surface area contributed by atoms with Crippen LogP contribution in [0.2, 0.25) is 0 Å². The highest BCUT2D eigenvalue weighted by molar-refractivity contribution is 9.10. The van der Waals surface area contributed by atoms with Crippen LogP contribution >= 0.6 is 15.9 Å². The zero-order valence-electron chi connectivity index (χ0n) is 11.0. The molecule has 1 aromatic rings. The maximum absolute atomic E-state index is 12.7. The molecule has 1 unspecified atom stereocenters. The summed E-state index contributed by atoms with van der Waals surface area (Å²) >= 11 is 3.40. The first kappa shape index (κ1) is 13.6. The Labute approximate surface area is 125 Å². The zero-order valence-corrected chi connectivity index (χ0v) is 12.6. The van der Waals surface area contributed by atoms with Crippen LogP contribution in [0.5, 0.6) is 0 Å². The SMILES string of the molecule is O=C(O)C1CCN(C(=O)C2(c3ccc(Br)cc3)CC2)C1. The number of nitrogens with zero attached hydrogens (tertiary/aromatic N) is 1. The van der Waals surface area contributed by atoms with Crippen LogP contribution in [-0.4, -0.2) is 35.0 Å². The Morgan fingerprint density at radius 2 is 1.90 bits per heavy atom. The van der Waals surface area contributed by atoms with E-state index in [1.165, 1.54) is 0 Å². The standard InChI is InChI=1S/C15H16BrNO3/c16-12-3-1-11(2-4-12)15(6-7-15)14(20)17-8-5-10(9-17)13(18)19/h1-4,10H,5-9H2,(H,18,19). The van der Waals surface area contributed by atoms with Crippen LogP contribution in [0.15, 0.2) is 28.7 Å². The summed E-state index contributed by atoms with van der Waals surface area (Å²) in [6.45, 7) is 0.917. The second kappa shape index (κ2) is 4.88. The molecule has 5 heteroatoms. The largest absolute Gasteiger partial charge is 0.481 e. The maximum Gasteiger partial charge on any atom is 0.308 e. The number of halogens is 1. The van der Waals surface area contributed by atoms with E-state index >= 15 is 0 Å². The zero-order chi connectivity index (χ0) is 14.3. The van der Waals surface area contributed by atoms with Gasteiger partial charge in [-0.3, -0.25) is 9.59 Å². The molecule has 2 fully saturated rings. The van der Waals surface area contributed by atoms with Gasteiger partial charge in [-0.05, 0) is 37.0 Å². The number of carbonyl (C=O) groups is 2. The third-order valence-electron chi connectivity index (χ3n) is 4.38. The van der Waals surface area contributed by atoms with Crippen LogP contribution in [0.25, 0.3) is 0 Å². The molecule has 0 bridgehead atoms. The Balaban J connectivity index is 1.77. The van der Waals surface area contributed by atoms with E-state index in [2.05, 4.69) is 15.9 Å². The van der Waals surface area contributed by atoms with E-state index < -0.39 is 17.3 Å². The molecule has 1 amide bonds. The summed E-state index contributed by atoms with van der Waals surface area (Å²) in [5.41, 5.74) is 0.651. The van der Waals surface area contributed by atoms with Gasteiger partial charge in [-0.15, -0.1) is 0 Å². The molecule has 1 saturated heterocycles. The van der Waals surface area contributed by atoms with E-state index in [1.54, 1.807) is 4.90 Å². The number of hydrogen-bond donors (Lipinski definition) is 1. The maximum atomic E-state index is 12.7. The Bertz CT molecular complexity index is 551. The van der Waals surface area contributed by atoms with Crippen molar-refractivity contribution in [2.24, 2.45) is 5.92 Å². The summed E-state index contributed by atoms with van der Waals surface area (Å²) in [6.07, 6.45) is 2.29. The highest BCUT2D eigenvalue weighted by Crippen LogP contribution is 2.50. The highest BCUT2D eigenvalue weighted by atomic mass is 79.9. The number of hydrogen-bond acceptors (Lipinski definition) is 2. The fourth-order valence-corrected chi connectivity index (χ4v) is 3.23. The average molecular weight is 338 g/mol. The summed E-state index contributed by atoms with van der Waals surface area (Å²) in [5.74, 6) is -1.10. The minimum Gasteiger partial charge on any atom is -0.481 e. The molecule has 3 rings (SSSR count). The lowest BCUT2D eigenvalue weighted by atomic mass is 9.94. The second-order valence-electron chi connectivity index (χ2n) is 5.66. The van der Waals surface area contributed by atoms with Gasteiger partial charge in [0.25, 0.3) is 0 Å². The number of rotatable bonds is 3. The smallest absolute Gasteiger partial charge is 0.308 e. The third-order valence-corrected chi connectivity index (χ3v) is 4.91. The van der Waals surface area contributed by atoms with E-state index in [1.807, 2.05) is 24.3 Å². The van der Waals surface area contributed by atoms with Crippen LogP contribution in [0.4, 0.5) is 0 Å². The molecule has 106 valence electrons. The van der Waals surface area contributed by atoms with Crippen molar-refractivity contribution >= 4 is 27.8 Å². The lowest BCUT2D eigenvalue weighted by Crippen LogP contribution is -2.38. The highest BCUT2D eigenvalue weighted by Gasteiger charge is 2.53. The van der Waals surface area contributed by atoms with Gasteiger partial charge in [0.05, 0.1) is 11.3 Å². The molecule has 1 aliphatic heterocycles. The summed E-state index contributed by atoms with van der Waals surface area (Å²) in [4.78, 5) is 25.4. The van der Waals surface area contributed by atoms with Crippen LogP contribution in [-0.2, 0) is 15.0 Å². The first-order valence-electron chi connectivity index (χ1n) is 6.81. The van der Waals surface area contributed by atoms with Crippen molar-refractivity contribution in [3.8, 4) is 0 Å². The number of carboxylic acids is 1. The van der Waals surface area contributed by atoms with Crippen molar-refractivity contribution in [1.82, 2.24) is 4.90 Å². The van der Waals surface area contributed by atoms with Gasteiger partial charge >= 0.3 is 5.97 Å². The molecule has 1 heterocycles. The second-order valence-corrected chi connectivity index (χ2v) is 6.58. The third kappa shape index (κ3) is 2.24. The summed E-state index contributed by atoms with van der Waals surface area (Å²) in [6, 6.07) is 7.87. The van der Waals surface area contributed by atoms with Crippen molar-refractivity contribution in [2.75, 3.05) is 13.1 Å². The first-order valence-corrected chi connectivity index (χ1v) is 7.60. The summed E-state index contributed by atoms with van der Waals surface area (Å²) in [7, 11) is 0. The molecular weight excluding hydrogens is 322 g/mol. The van der Waals surface area contributed by atoms with Gasteiger partial charge in [-0.1, -0.05) is 28.1 Å². The first-order chi connectivity index (χ1) is 9.53. The van der Waals surface area contributed by atoms with Crippen LogP contribution in [0.1, 0.15) is 24.8 Å². The van der Waals surface area contributed by atoms with Crippen molar-refractivity contribution in [1.29, 1.82) is 0 Å². The minimum absolute atomic E-state index is 0.101. The van der Waals surface area contributed by atoms with Crippen molar-refractivity contribution < 1.29 is 14.7 Å². The average Bonchev–Trinajstić information content (AvgIpc) is 3.08. The number of carboxylic acid groups (broad SMARTS) is 1. The topological polar surface area (TPSA) is 57.6 Å². The van der Waals surface area contributed by atoms with E-state index in [4.69, 9.17) is 5.11 Å². The molecule has 1 atom stereocenters. The molecule has 1 aromatic carbocycles. The number of benzene rings is 1. The van der Waals surface area contributed by atoms with E-state index in [-0.39, 0.29) is 5.91 Å². The van der Waals surface area contributed by atoms with Gasteiger partial charge in [-0.25, -0.2) is 0 Å². The summed E-state index contributed by atoms with van der Waals surface area (Å²) in [5, 5.41) is 9.04. The quantitative estimate of drug-likeness (QED) is 0.921. The Hall–Kier alpha value is -1.36. The van der Waals surface area contributed by atoms with E-state index in [0.717, 1.165) is 22.9 Å². The predicted molar refractivity (Wildman–Crippen MR) is 77.4 cm³/mol. The predicted octanol–water partition coefficient (Wildman–Crippen LogP) is 2.41. The van der Waals surface area contributed by atoms with Gasteiger partial charge in [-0.2, -0.15) is 0 Å². The molecule has 1 aliphatic carbocycles. The molecule has 20 heavy (non-hydrogen) atoms. The Morgan fingerprint density at radius 1 is 1.25 bits per heavy atom. The van der Waals surface area contributed by atoms with E-state index in [9.17, 15) is 9.59 Å². The van der Waals surface area contributed by atoms with Gasteiger partial charge in [0.2, 0.25) is 5.91 Å². The monoisotopic (exact) mass is 337 g/mol. The van der Waals surface area contributed by atoms with Gasteiger partial charge in [0.1, 0.15) is 0 Å². The van der Waals surface area contributed by atoms with Crippen molar-refractivity contribution in [2.45, 2.75) is 24.7 Å². The van der Waals surface area contributed by atoms with Crippen LogP contribution in [0.3, 0.4) is 0 Å². The van der Waals surface area contributed by atoms with Crippen molar-refractivity contribution in [3.63, 3.8) is 0 Å². The van der Waals surface area contributed by atoms with Gasteiger partial charge in [0.15, 0.2) is 0 Å². The fraction of sp³-hybridized carbons (Fsp3) is 0.467. The molecule has 2 aliphatic rings. The molecular formula is C15H16BrNO3. The summed E-state index contributed by atoms with van der Waals surface area (Å²) < 4.78 is 0.997. The van der Waals surface area contributed by atoms with E-state index in [0.29, 0.717) is 19.5 Å². The lowest BCUT2D eigenvalue weighted by molar-refractivity contribution is -0.141. The number of aliphatic carboxylic acids is 1. The normalized spacial score (nSPS) is 23.6. The van der Waals surface area contributed by atoms with Crippen LogP contribution < -0.4 is 0 Å². The number of carbonyl (C=O) groups excluding carboxylic acids is 1. The molecule has 4 nitrogen and oxygen atoms in total. The Kier molecular flexibility index (Phi) is 3.32. The van der Waals surface area contributed by atoms with Crippen LogP contribution in [0, 0.1) is 5.92 Å². The molecule has 1 saturated carbocycles. The van der Waals surface area contributed by atoms with Gasteiger partial charge < -0.3 is 10.0 Å². The number of amides is 1. The van der Waals surface area contributed by atoms with Gasteiger partial charge in [0, 0.05) is 17.6 Å². The fourth-order valence-electron chi connectivity index (χ4n) is 2.97. The molecule has 0 radical (unpaired) electrons. The number of likely N-dealkylation sites (tertiary alicyclic amines) is 1. The lowest BCUT2D eigenvalue weighted by Gasteiger charge is -2.23. The Morgan fingerprint density at radius 3 is 2.40 bits per heavy atom. The minimum atomic E-state index is -0.797. The molecule has 1 N–H and O–H groups in total.